The number of amides is 2. The van der Waals surface area contributed by atoms with Crippen LogP contribution in [0.5, 0.6) is 0 Å². The molecule has 3 N–H and O–H groups in total. The number of ether oxygens (including phenoxy) is 4. The summed E-state index contributed by atoms with van der Waals surface area (Å²) in [5, 5.41) is 14.5. The van der Waals surface area contributed by atoms with E-state index >= 15 is 0 Å². The summed E-state index contributed by atoms with van der Waals surface area (Å²) in [4.78, 5) is 82.7. The molecule has 0 aromatic rings. The van der Waals surface area contributed by atoms with Crippen LogP contribution in [0.4, 0.5) is 0 Å². The van der Waals surface area contributed by atoms with Crippen molar-refractivity contribution in [2.24, 2.45) is 5.92 Å². The van der Waals surface area contributed by atoms with E-state index in [-0.39, 0.29) is 12.3 Å². The average Bonchev–Trinajstić information content (AvgIpc) is 3.08. The van der Waals surface area contributed by atoms with Gasteiger partial charge in [-0.3, -0.25) is 33.6 Å². The minimum absolute atomic E-state index is 0.129. The second-order valence-corrected chi connectivity index (χ2v) is 13.8. The van der Waals surface area contributed by atoms with E-state index in [0.29, 0.717) is 13.0 Å². The Morgan fingerprint density at radius 1 is 0.491 bits per heavy atom. The first-order chi connectivity index (χ1) is 25.2. The quantitative estimate of drug-likeness (QED) is 0.0395. The van der Waals surface area contributed by atoms with E-state index < -0.39 is 66.6 Å². The summed E-state index contributed by atoms with van der Waals surface area (Å²) in [6.07, 6.45) is 15.5. The Labute approximate surface area is 316 Å². The van der Waals surface area contributed by atoms with Gasteiger partial charge in [-0.1, -0.05) is 89.9 Å². The zero-order valence-corrected chi connectivity index (χ0v) is 33.0. The molecule has 0 spiro atoms. The Morgan fingerprint density at radius 2 is 0.887 bits per heavy atom. The average molecular weight is 757 g/mol. The summed E-state index contributed by atoms with van der Waals surface area (Å²) in [5.41, 5.74) is 0. The van der Waals surface area contributed by atoms with Crippen LogP contribution in [0.3, 0.4) is 0 Å². The highest BCUT2D eigenvalue weighted by Crippen LogP contribution is 2.22. The van der Waals surface area contributed by atoms with Crippen molar-refractivity contribution in [3.8, 4) is 0 Å². The Bertz CT molecular complexity index is 1080. The molecular weight excluding hydrogens is 688 g/mol. The second-order valence-electron chi connectivity index (χ2n) is 13.8. The first-order valence-corrected chi connectivity index (χ1v) is 19.7. The lowest BCUT2D eigenvalue weighted by atomic mass is 9.94. The van der Waals surface area contributed by atoms with Crippen molar-refractivity contribution in [1.82, 2.24) is 10.6 Å². The van der Waals surface area contributed by atoms with Crippen LogP contribution in [-0.4, -0.2) is 84.8 Å². The van der Waals surface area contributed by atoms with Crippen molar-refractivity contribution in [1.29, 1.82) is 0 Å². The molecule has 0 aliphatic rings. The van der Waals surface area contributed by atoms with E-state index in [1.54, 1.807) is 0 Å². The van der Waals surface area contributed by atoms with Gasteiger partial charge < -0.3 is 34.7 Å². The van der Waals surface area contributed by atoms with Crippen LogP contribution in [0.2, 0.25) is 0 Å². The predicted molar refractivity (Wildman–Crippen MR) is 198 cm³/mol. The van der Waals surface area contributed by atoms with Crippen LogP contribution in [-0.2, 0) is 52.5 Å². The minimum atomic E-state index is -1.41. The molecule has 53 heavy (non-hydrogen) atoms. The smallest absolute Gasteiger partial charge is 0.303 e. The van der Waals surface area contributed by atoms with Crippen LogP contribution < -0.4 is 10.6 Å². The molecule has 306 valence electrons. The lowest BCUT2D eigenvalue weighted by Crippen LogP contribution is -2.52. The van der Waals surface area contributed by atoms with Gasteiger partial charge in [0.15, 0.2) is 18.3 Å². The fraction of sp³-hybridized carbons (Fsp3) is 0.821. The van der Waals surface area contributed by atoms with E-state index in [2.05, 4.69) is 10.6 Å². The van der Waals surface area contributed by atoms with Crippen LogP contribution >= 0.6 is 0 Å². The molecule has 4 atom stereocenters. The van der Waals surface area contributed by atoms with Gasteiger partial charge >= 0.3 is 29.8 Å². The Morgan fingerprint density at radius 3 is 1.32 bits per heavy atom. The number of carbonyl (C=O) groups is 7. The second kappa shape index (κ2) is 31.8. The number of carbonyl (C=O) groups excluding carboxylic acids is 6. The lowest BCUT2D eigenvalue weighted by molar-refractivity contribution is -0.193. The summed E-state index contributed by atoms with van der Waals surface area (Å²) in [7, 11) is 0. The van der Waals surface area contributed by atoms with Gasteiger partial charge in [0.05, 0.1) is 5.92 Å². The Kier molecular flexibility index (Phi) is 29.6. The molecule has 2 amide bonds. The Balaban J connectivity index is 4.18. The van der Waals surface area contributed by atoms with Crippen molar-refractivity contribution in [2.75, 3.05) is 19.7 Å². The molecule has 0 aromatic heterocycles. The lowest BCUT2D eigenvalue weighted by Gasteiger charge is -2.34. The van der Waals surface area contributed by atoms with Gasteiger partial charge in [-0.25, -0.2) is 0 Å². The van der Waals surface area contributed by atoms with Gasteiger partial charge in [-0.05, 0) is 32.6 Å². The molecule has 0 saturated carbocycles. The van der Waals surface area contributed by atoms with Crippen molar-refractivity contribution >= 4 is 41.7 Å². The largest absolute Gasteiger partial charge is 0.481 e. The molecule has 0 aliphatic carbocycles. The molecule has 0 aliphatic heterocycles. The maximum absolute atomic E-state index is 13.1. The standard InChI is InChI=1S/C39H68N2O12/c1-29(37(52-32(4)44)38(53-33(5)45)34(51-31(3)43)28-50-30(2)42)39(49)41-27-23-19-15-11-6-8-12-16-20-24-35(46)40-26-22-18-14-10-7-9-13-17-21-25-36(47)48/h29,34,37-38H,6-28H2,1-5H3,(H,40,46)(H,41,49)(H,47,48)/t29-,34-,37-,38-/m1/s1. The number of hydrogen-bond acceptors (Lipinski definition) is 11. The molecule has 0 aromatic carbocycles. The first-order valence-electron chi connectivity index (χ1n) is 19.7. The Hall–Kier alpha value is -3.71. The van der Waals surface area contributed by atoms with Gasteiger partial charge in [-0.2, -0.15) is 0 Å². The van der Waals surface area contributed by atoms with Crippen molar-refractivity contribution < 1.29 is 57.6 Å². The fourth-order valence-corrected chi connectivity index (χ4v) is 5.92. The van der Waals surface area contributed by atoms with Gasteiger partial charge in [0, 0.05) is 53.6 Å². The molecule has 0 bridgehead atoms. The van der Waals surface area contributed by atoms with E-state index in [0.717, 1.165) is 131 Å². The zero-order chi connectivity index (χ0) is 39.9. The van der Waals surface area contributed by atoms with E-state index in [1.807, 2.05) is 0 Å². The number of aliphatic carboxylic acids is 1. The van der Waals surface area contributed by atoms with Gasteiger partial charge in [-0.15, -0.1) is 0 Å². The maximum Gasteiger partial charge on any atom is 0.303 e. The molecule has 0 unspecified atom stereocenters. The molecule has 0 fully saturated rings. The summed E-state index contributed by atoms with van der Waals surface area (Å²) in [5.74, 6) is -4.94. The van der Waals surface area contributed by atoms with E-state index in [4.69, 9.17) is 24.1 Å². The number of unbranched alkanes of at least 4 members (excludes halogenated alkanes) is 16. The maximum atomic E-state index is 13.1. The van der Waals surface area contributed by atoms with Crippen molar-refractivity contribution in [2.45, 2.75) is 181 Å². The third-order valence-electron chi connectivity index (χ3n) is 8.74. The van der Waals surface area contributed by atoms with E-state index in [1.165, 1.54) is 26.2 Å². The fourth-order valence-electron chi connectivity index (χ4n) is 5.92. The summed E-state index contributed by atoms with van der Waals surface area (Å²) in [6, 6.07) is 0. The number of hydrogen-bond donors (Lipinski definition) is 3. The molecule has 0 heterocycles. The first kappa shape index (κ1) is 49.3. The molecular formula is C39H68N2O12. The molecule has 0 radical (unpaired) electrons. The van der Waals surface area contributed by atoms with Crippen LogP contribution in [0.25, 0.3) is 0 Å². The molecule has 0 rings (SSSR count). The van der Waals surface area contributed by atoms with Crippen LogP contribution in [0.1, 0.15) is 163 Å². The topological polar surface area (TPSA) is 201 Å². The molecule has 14 heteroatoms. The van der Waals surface area contributed by atoms with Crippen LogP contribution in [0, 0.1) is 5.92 Å². The summed E-state index contributed by atoms with van der Waals surface area (Å²) >= 11 is 0. The number of carboxylic acid groups (broad SMARTS) is 1. The van der Waals surface area contributed by atoms with Crippen molar-refractivity contribution in [3.63, 3.8) is 0 Å². The monoisotopic (exact) mass is 756 g/mol. The van der Waals surface area contributed by atoms with E-state index in [9.17, 15) is 33.6 Å². The highest BCUT2D eigenvalue weighted by Gasteiger charge is 2.43. The number of rotatable bonds is 33. The number of esters is 4. The summed E-state index contributed by atoms with van der Waals surface area (Å²) in [6.45, 7) is 6.71. The molecule has 0 saturated heterocycles. The van der Waals surface area contributed by atoms with Gasteiger partial charge in [0.1, 0.15) is 6.61 Å². The summed E-state index contributed by atoms with van der Waals surface area (Å²) < 4.78 is 21.0. The molecule has 14 nitrogen and oxygen atoms in total. The normalized spacial score (nSPS) is 13.2. The third-order valence-corrected chi connectivity index (χ3v) is 8.74. The van der Waals surface area contributed by atoms with Gasteiger partial charge in [0.25, 0.3) is 0 Å². The number of nitrogens with one attached hydrogen (secondary N) is 2. The minimum Gasteiger partial charge on any atom is -0.481 e. The highest BCUT2D eigenvalue weighted by atomic mass is 16.6. The SMILES string of the molecule is CC(=O)OC[C@@H](OC(C)=O)[C@@H](OC(C)=O)[C@H](OC(C)=O)[C@@H](C)C(=O)NCCCCCCCCCCCC(=O)NCCCCCCCCCCCC(=O)O. The predicted octanol–water partition coefficient (Wildman–Crippen LogP) is 6.10. The van der Waals surface area contributed by atoms with Crippen molar-refractivity contribution in [3.05, 3.63) is 0 Å². The third kappa shape index (κ3) is 29.4. The van der Waals surface area contributed by atoms with Crippen LogP contribution in [0.15, 0.2) is 0 Å². The highest BCUT2D eigenvalue weighted by molar-refractivity contribution is 5.79. The zero-order valence-electron chi connectivity index (χ0n) is 33.0. The van der Waals surface area contributed by atoms with Gasteiger partial charge in [0.2, 0.25) is 11.8 Å². The number of carboxylic acids is 1.